The topological polar surface area (TPSA) is 96.6 Å². The van der Waals surface area contributed by atoms with Gasteiger partial charge in [-0.3, -0.25) is 9.88 Å². The third-order valence-corrected chi connectivity index (χ3v) is 4.81. The Morgan fingerprint density at radius 3 is 2.89 bits per heavy atom. The molecule has 0 unspecified atom stereocenters. The summed E-state index contributed by atoms with van der Waals surface area (Å²) in [6, 6.07) is 6.36. The molecule has 4 aromatic rings. The standard InChI is InChI=1S/C19H16FN7O/c20-13-3-1-12(2-4-13)9-27-10-16-14(23-11-24-16)7-17(27)19-25-18(26-28-19)15-8-21-5-6-22-15/h1-6,8,11,17H,7,9-10H2,(H,23,24)/t17-/m0/s1. The van der Waals surface area contributed by atoms with Crippen LogP contribution in [0.1, 0.15) is 28.9 Å². The molecule has 0 saturated heterocycles. The first-order valence-corrected chi connectivity index (χ1v) is 8.86. The number of imidazole rings is 1. The van der Waals surface area contributed by atoms with Gasteiger partial charge < -0.3 is 9.51 Å². The molecule has 9 heteroatoms. The molecule has 0 aliphatic carbocycles. The summed E-state index contributed by atoms with van der Waals surface area (Å²) in [5.41, 5.74) is 3.61. The van der Waals surface area contributed by atoms with E-state index in [1.165, 1.54) is 12.1 Å². The normalized spacial score (nSPS) is 16.8. The lowest BCUT2D eigenvalue weighted by atomic mass is 10.0. The maximum absolute atomic E-state index is 13.3. The average molecular weight is 377 g/mol. The van der Waals surface area contributed by atoms with E-state index in [1.54, 1.807) is 37.1 Å². The van der Waals surface area contributed by atoms with E-state index < -0.39 is 0 Å². The molecule has 0 radical (unpaired) electrons. The van der Waals surface area contributed by atoms with Crippen LogP contribution in [0.4, 0.5) is 4.39 Å². The van der Waals surface area contributed by atoms with Gasteiger partial charge in [0, 0.05) is 31.9 Å². The van der Waals surface area contributed by atoms with Crippen LogP contribution in [-0.2, 0) is 19.5 Å². The average Bonchev–Trinajstić information content (AvgIpc) is 3.39. The first-order valence-electron chi connectivity index (χ1n) is 8.86. The molecule has 5 rings (SSSR count). The van der Waals surface area contributed by atoms with Crippen LogP contribution >= 0.6 is 0 Å². The molecule has 1 atom stereocenters. The molecule has 0 saturated carbocycles. The van der Waals surface area contributed by atoms with Crippen LogP contribution in [-0.4, -0.2) is 35.0 Å². The maximum atomic E-state index is 13.3. The van der Waals surface area contributed by atoms with E-state index in [-0.39, 0.29) is 11.9 Å². The van der Waals surface area contributed by atoms with Gasteiger partial charge in [-0.15, -0.1) is 0 Å². The van der Waals surface area contributed by atoms with E-state index >= 15 is 0 Å². The Morgan fingerprint density at radius 1 is 1.18 bits per heavy atom. The van der Waals surface area contributed by atoms with E-state index in [2.05, 4.69) is 35.0 Å². The number of benzene rings is 1. The molecular formula is C19H16FN7O. The second-order valence-corrected chi connectivity index (χ2v) is 6.63. The Morgan fingerprint density at radius 2 is 2.07 bits per heavy atom. The summed E-state index contributed by atoms with van der Waals surface area (Å²) in [5, 5.41) is 4.07. The molecule has 1 aliphatic rings. The van der Waals surface area contributed by atoms with Crippen molar-refractivity contribution in [1.29, 1.82) is 0 Å². The number of nitrogens with zero attached hydrogens (tertiary/aromatic N) is 6. The van der Waals surface area contributed by atoms with Crippen LogP contribution in [0.2, 0.25) is 0 Å². The van der Waals surface area contributed by atoms with Crippen molar-refractivity contribution in [3.8, 4) is 11.5 Å². The number of nitrogens with one attached hydrogen (secondary N) is 1. The number of hydrogen-bond acceptors (Lipinski definition) is 7. The Balaban J connectivity index is 1.46. The summed E-state index contributed by atoms with van der Waals surface area (Å²) in [6.45, 7) is 1.27. The smallest absolute Gasteiger partial charge is 0.244 e. The monoisotopic (exact) mass is 377 g/mol. The molecule has 0 fully saturated rings. The molecular weight excluding hydrogens is 361 g/mol. The van der Waals surface area contributed by atoms with E-state index in [9.17, 15) is 4.39 Å². The second kappa shape index (κ2) is 6.93. The molecule has 28 heavy (non-hydrogen) atoms. The molecule has 4 heterocycles. The van der Waals surface area contributed by atoms with Crippen LogP contribution in [0.25, 0.3) is 11.5 Å². The Labute approximate surface area is 159 Å². The van der Waals surface area contributed by atoms with Crippen LogP contribution in [0.3, 0.4) is 0 Å². The lowest BCUT2D eigenvalue weighted by Crippen LogP contribution is -2.34. The summed E-state index contributed by atoms with van der Waals surface area (Å²) in [7, 11) is 0. The molecule has 3 aromatic heterocycles. The highest BCUT2D eigenvalue weighted by atomic mass is 19.1. The van der Waals surface area contributed by atoms with Gasteiger partial charge in [-0.25, -0.2) is 14.4 Å². The molecule has 8 nitrogen and oxygen atoms in total. The highest BCUT2D eigenvalue weighted by Crippen LogP contribution is 2.33. The summed E-state index contributed by atoms with van der Waals surface area (Å²) in [6.07, 6.45) is 7.11. The van der Waals surface area contributed by atoms with Crippen molar-refractivity contribution in [2.75, 3.05) is 0 Å². The fourth-order valence-electron chi connectivity index (χ4n) is 3.41. The van der Waals surface area contributed by atoms with Crippen LogP contribution in [0.15, 0.2) is 53.7 Å². The lowest BCUT2D eigenvalue weighted by Gasteiger charge is -2.32. The third kappa shape index (κ3) is 3.16. The van der Waals surface area contributed by atoms with Crippen molar-refractivity contribution >= 4 is 0 Å². The van der Waals surface area contributed by atoms with Gasteiger partial charge in [-0.05, 0) is 17.7 Å². The summed E-state index contributed by atoms with van der Waals surface area (Å²) in [5.74, 6) is 0.648. The zero-order valence-electron chi connectivity index (χ0n) is 14.8. The van der Waals surface area contributed by atoms with E-state index in [0.29, 0.717) is 36.9 Å². The summed E-state index contributed by atoms with van der Waals surface area (Å²) >= 11 is 0. The number of fused-ring (bicyclic) bond motifs is 1. The number of aromatic nitrogens is 6. The molecule has 0 spiro atoms. The Bertz CT molecular complexity index is 1080. The zero-order valence-corrected chi connectivity index (χ0v) is 14.8. The predicted molar refractivity (Wildman–Crippen MR) is 96.0 cm³/mol. The van der Waals surface area contributed by atoms with Gasteiger partial charge in [-0.1, -0.05) is 17.3 Å². The largest absolute Gasteiger partial charge is 0.347 e. The molecule has 0 amide bonds. The van der Waals surface area contributed by atoms with Gasteiger partial charge in [0.25, 0.3) is 0 Å². The van der Waals surface area contributed by atoms with Crippen LogP contribution in [0, 0.1) is 5.82 Å². The van der Waals surface area contributed by atoms with Gasteiger partial charge in [0.05, 0.1) is 30.0 Å². The van der Waals surface area contributed by atoms with Gasteiger partial charge >= 0.3 is 0 Å². The summed E-state index contributed by atoms with van der Waals surface area (Å²) in [4.78, 5) is 22.6. The molecule has 140 valence electrons. The van der Waals surface area contributed by atoms with Gasteiger partial charge in [0.2, 0.25) is 11.7 Å². The first kappa shape index (κ1) is 16.7. The molecule has 0 bridgehead atoms. The minimum absolute atomic E-state index is 0.140. The maximum Gasteiger partial charge on any atom is 0.244 e. The molecule has 1 aromatic carbocycles. The van der Waals surface area contributed by atoms with Crippen molar-refractivity contribution in [2.45, 2.75) is 25.6 Å². The fourth-order valence-corrected chi connectivity index (χ4v) is 3.41. The van der Waals surface area contributed by atoms with Crippen molar-refractivity contribution in [3.05, 3.63) is 77.8 Å². The minimum Gasteiger partial charge on any atom is -0.347 e. The van der Waals surface area contributed by atoms with Crippen molar-refractivity contribution in [3.63, 3.8) is 0 Å². The number of hydrogen-bond donors (Lipinski definition) is 1. The van der Waals surface area contributed by atoms with E-state index in [0.717, 1.165) is 17.0 Å². The molecule has 1 N–H and O–H groups in total. The van der Waals surface area contributed by atoms with Crippen molar-refractivity contribution in [1.82, 2.24) is 35.0 Å². The first-order chi connectivity index (χ1) is 13.8. The predicted octanol–water partition coefficient (Wildman–Crippen LogP) is 2.69. The summed E-state index contributed by atoms with van der Waals surface area (Å²) < 4.78 is 18.8. The van der Waals surface area contributed by atoms with Crippen LogP contribution < -0.4 is 0 Å². The number of halogens is 1. The van der Waals surface area contributed by atoms with Gasteiger partial charge in [-0.2, -0.15) is 4.98 Å². The fraction of sp³-hybridized carbons (Fsp3) is 0.211. The van der Waals surface area contributed by atoms with Crippen LogP contribution in [0.5, 0.6) is 0 Å². The SMILES string of the molecule is Fc1ccc(CN2Cc3[nH]cnc3C[C@H]2c2nc(-c3cnccn3)no2)cc1. The van der Waals surface area contributed by atoms with Gasteiger partial charge in [0.15, 0.2) is 0 Å². The van der Waals surface area contributed by atoms with E-state index in [1.807, 2.05) is 0 Å². The van der Waals surface area contributed by atoms with Gasteiger partial charge in [0.1, 0.15) is 11.5 Å². The molecule has 1 aliphatic heterocycles. The highest BCUT2D eigenvalue weighted by Gasteiger charge is 2.33. The number of H-pyrrole nitrogens is 1. The Kier molecular flexibility index (Phi) is 4.13. The minimum atomic E-state index is -0.250. The third-order valence-electron chi connectivity index (χ3n) is 4.81. The second-order valence-electron chi connectivity index (χ2n) is 6.63. The van der Waals surface area contributed by atoms with E-state index in [4.69, 9.17) is 4.52 Å². The quantitative estimate of drug-likeness (QED) is 0.584. The lowest BCUT2D eigenvalue weighted by molar-refractivity contribution is 0.128. The zero-order chi connectivity index (χ0) is 18.9. The number of aromatic amines is 1. The van der Waals surface area contributed by atoms with Crippen molar-refractivity contribution < 1.29 is 8.91 Å². The highest BCUT2D eigenvalue weighted by molar-refractivity contribution is 5.45. The Hall–Kier alpha value is -3.46. The van der Waals surface area contributed by atoms with Crippen molar-refractivity contribution in [2.24, 2.45) is 0 Å². The number of rotatable bonds is 4.